The summed E-state index contributed by atoms with van der Waals surface area (Å²) in [5, 5.41) is 9.54. The van der Waals surface area contributed by atoms with E-state index in [4.69, 9.17) is 4.74 Å². The Hall–Kier alpha value is -2.42. The number of likely N-dealkylation sites (tertiary alicyclic amines) is 1. The summed E-state index contributed by atoms with van der Waals surface area (Å²) < 4.78 is 31.6. The van der Waals surface area contributed by atoms with Crippen molar-refractivity contribution in [3.05, 3.63) is 29.8 Å². The average molecular weight is 426 g/mol. The summed E-state index contributed by atoms with van der Waals surface area (Å²) in [7, 11) is 0. The Labute approximate surface area is 177 Å². The number of hydrogen-bond acceptors (Lipinski definition) is 4. The van der Waals surface area contributed by atoms with Crippen molar-refractivity contribution in [3.63, 3.8) is 0 Å². The molecule has 0 bridgehead atoms. The molecule has 9 heteroatoms. The van der Waals surface area contributed by atoms with Gasteiger partial charge in [0, 0.05) is 38.3 Å². The van der Waals surface area contributed by atoms with Crippen molar-refractivity contribution in [2.24, 2.45) is 4.99 Å². The van der Waals surface area contributed by atoms with Crippen LogP contribution in [0.15, 0.2) is 23.2 Å². The number of carbonyl (C=O) groups is 1. The van der Waals surface area contributed by atoms with E-state index in [9.17, 15) is 13.6 Å². The highest BCUT2D eigenvalue weighted by atomic mass is 19.2. The topological polar surface area (TPSA) is 78.0 Å². The first kappa shape index (κ1) is 23.9. The van der Waals surface area contributed by atoms with E-state index < -0.39 is 11.6 Å². The van der Waals surface area contributed by atoms with Gasteiger partial charge in [-0.1, -0.05) is 6.92 Å². The Morgan fingerprint density at radius 1 is 1.20 bits per heavy atom. The summed E-state index contributed by atoms with van der Waals surface area (Å²) in [6.07, 6.45) is 2.80. The molecular formula is C21H33F2N5O2. The Morgan fingerprint density at radius 2 is 1.97 bits per heavy atom. The second-order valence-corrected chi connectivity index (χ2v) is 7.23. The van der Waals surface area contributed by atoms with Crippen LogP contribution in [0.5, 0.6) is 5.75 Å². The number of nitrogens with one attached hydrogen (secondary N) is 3. The van der Waals surface area contributed by atoms with Crippen molar-refractivity contribution >= 4 is 11.9 Å². The minimum atomic E-state index is -0.930. The van der Waals surface area contributed by atoms with Crippen molar-refractivity contribution in [1.82, 2.24) is 20.9 Å². The van der Waals surface area contributed by atoms with E-state index in [2.05, 4.69) is 25.8 Å². The molecule has 1 aliphatic rings. The summed E-state index contributed by atoms with van der Waals surface area (Å²) in [6, 6.07) is 3.74. The lowest BCUT2D eigenvalue weighted by Gasteiger charge is -2.32. The van der Waals surface area contributed by atoms with Crippen molar-refractivity contribution < 1.29 is 18.3 Å². The predicted octanol–water partition coefficient (Wildman–Crippen LogP) is 1.89. The van der Waals surface area contributed by atoms with Crippen LogP contribution in [0.25, 0.3) is 0 Å². The summed E-state index contributed by atoms with van der Waals surface area (Å²) >= 11 is 0. The van der Waals surface area contributed by atoms with E-state index in [1.54, 1.807) is 0 Å². The largest absolute Gasteiger partial charge is 0.492 e. The zero-order valence-electron chi connectivity index (χ0n) is 17.8. The molecule has 2 rings (SSSR count). The number of hydrogen-bond donors (Lipinski definition) is 3. The molecule has 30 heavy (non-hydrogen) atoms. The lowest BCUT2D eigenvalue weighted by Crippen LogP contribution is -2.50. The Bertz CT molecular complexity index is 694. The summed E-state index contributed by atoms with van der Waals surface area (Å²) in [4.78, 5) is 18.5. The van der Waals surface area contributed by atoms with E-state index in [1.807, 2.05) is 13.8 Å². The average Bonchev–Trinajstić information content (AvgIpc) is 2.73. The lowest BCUT2D eigenvalue weighted by atomic mass is 10.1. The molecule has 0 atom stereocenters. The first-order valence-electron chi connectivity index (χ1n) is 10.6. The number of piperidine rings is 1. The second-order valence-electron chi connectivity index (χ2n) is 7.23. The second kappa shape index (κ2) is 13.0. The number of benzene rings is 1. The number of guanidine groups is 1. The number of amides is 1. The molecule has 168 valence electrons. The molecule has 1 aromatic rings. The van der Waals surface area contributed by atoms with E-state index in [0.29, 0.717) is 19.0 Å². The number of carbonyl (C=O) groups excluding carboxylic acids is 1. The normalized spacial score (nSPS) is 15.7. The third kappa shape index (κ3) is 8.52. The first-order chi connectivity index (χ1) is 14.5. The molecule has 1 aromatic carbocycles. The number of nitrogens with zero attached hydrogens (tertiary/aromatic N) is 2. The molecule has 1 amide bonds. The molecule has 0 spiro atoms. The molecule has 1 saturated heterocycles. The lowest BCUT2D eigenvalue weighted by molar-refractivity contribution is -0.122. The molecule has 0 aromatic heterocycles. The van der Waals surface area contributed by atoms with Crippen molar-refractivity contribution in [2.75, 3.05) is 45.9 Å². The highest BCUT2D eigenvalue weighted by Crippen LogP contribution is 2.15. The van der Waals surface area contributed by atoms with Crippen LogP contribution in [0.1, 0.15) is 33.1 Å². The van der Waals surface area contributed by atoms with Crippen LogP contribution in [0.3, 0.4) is 0 Å². The molecular weight excluding hydrogens is 392 g/mol. The molecule has 3 N–H and O–H groups in total. The number of aliphatic imine (C=N–C) groups is 1. The van der Waals surface area contributed by atoms with Gasteiger partial charge >= 0.3 is 0 Å². The van der Waals surface area contributed by atoms with Gasteiger partial charge in [-0.3, -0.25) is 9.69 Å². The van der Waals surface area contributed by atoms with Gasteiger partial charge < -0.3 is 20.7 Å². The van der Waals surface area contributed by atoms with E-state index in [-0.39, 0.29) is 24.3 Å². The minimum absolute atomic E-state index is 0.0826. The van der Waals surface area contributed by atoms with E-state index in [0.717, 1.165) is 57.6 Å². The van der Waals surface area contributed by atoms with Crippen LogP contribution in [-0.4, -0.2) is 68.7 Å². The maximum absolute atomic E-state index is 13.2. The van der Waals surface area contributed by atoms with Gasteiger partial charge in [-0.15, -0.1) is 0 Å². The molecule has 0 unspecified atom stereocenters. The van der Waals surface area contributed by atoms with Crippen molar-refractivity contribution in [3.8, 4) is 5.75 Å². The van der Waals surface area contributed by atoms with E-state index >= 15 is 0 Å². The Morgan fingerprint density at radius 3 is 2.63 bits per heavy atom. The van der Waals surface area contributed by atoms with Gasteiger partial charge in [0.15, 0.2) is 17.6 Å². The fraction of sp³-hybridized carbons (Fsp3) is 0.619. The standard InChI is InChI=1S/C21H33F2N5O2/c1-3-9-25-20(29)15-28-11-7-16(8-12-28)27-21(24-4-2)26-10-13-30-17-5-6-18(22)19(23)14-17/h5-6,14,16H,3-4,7-13,15H2,1-2H3,(H,25,29)(H2,24,26,27). The molecule has 0 saturated carbocycles. The van der Waals surface area contributed by atoms with Crippen LogP contribution in [0.2, 0.25) is 0 Å². The van der Waals surface area contributed by atoms with Crippen molar-refractivity contribution in [1.29, 1.82) is 0 Å². The fourth-order valence-corrected chi connectivity index (χ4v) is 3.16. The summed E-state index contributed by atoms with van der Waals surface area (Å²) in [6.45, 7) is 8.28. The third-order valence-electron chi connectivity index (χ3n) is 4.73. The minimum Gasteiger partial charge on any atom is -0.492 e. The fourth-order valence-electron chi connectivity index (χ4n) is 3.16. The zero-order valence-corrected chi connectivity index (χ0v) is 17.8. The highest BCUT2D eigenvalue weighted by Gasteiger charge is 2.21. The van der Waals surface area contributed by atoms with E-state index in [1.165, 1.54) is 6.07 Å². The SMILES string of the molecule is CCCNC(=O)CN1CCC(NC(=NCCOc2ccc(F)c(F)c2)NCC)CC1. The van der Waals surface area contributed by atoms with Gasteiger partial charge in [-0.05, 0) is 38.3 Å². The Kier molecular flexibility index (Phi) is 10.3. The number of halogens is 2. The van der Waals surface area contributed by atoms with Gasteiger partial charge in [0.1, 0.15) is 12.4 Å². The molecule has 0 aliphatic carbocycles. The smallest absolute Gasteiger partial charge is 0.234 e. The van der Waals surface area contributed by atoms with Crippen LogP contribution in [0, 0.1) is 11.6 Å². The first-order valence-corrected chi connectivity index (χ1v) is 10.6. The van der Waals surface area contributed by atoms with Crippen LogP contribution >= 0.6 is 0 Å². The molecule has 1 fully saturated rings. The van der Waals surface area contributed by atoms with Crippen LogP contribution < -0.4 is 20.7 Å². The Balaban J connectivity index is 1.73. The van der Waals surface area contributed by atoms with Crippen LogP contribution in [-0.2, 0) is 4.79 Å². The summed E-state index contributed by atoms with van der Waals surface area (Å²) in [5.41, 5.74) is 0. The van der Waals surface area contributed by atoms with Crippen LogP contribution in [0.4, 0.5) is 8.78 Å². The number of rotatable bonds is 10. The van der Waals surface area contributed by atoms with Gasteiger partial charge in [-0.25, -0.2) is 13.8 Å². The van der Waals surface area contributed by atoms with Crippen molar-refractivity contribution in [2.45, 2.75) is 39.2 Å². The predicted molar refractivity (Wildman–Crippen MR) is 114 cm³/mol. The maximum Gasteiger partial charge on any atom is 0.234 e. The van der Waals surface area contributed by atoms with Gasteiger partial charge in [0.2, 0.25) is 5.91 Å². The number of ether oxygens (including phenoxy) is 1. The molecule has 1 aliphatic heterocycles. The third-order valence-corrected chi connectivity index (χ3v) is 4.73. The monoisotopic (exact) mass is 425 g/mol. The quantitative estimate of drug-likeness (QED) is 0.303. The highest BCUT2D eigenvalue weighted by molar-refractivity contribution is 5.80. The summed E-state index contributed by atoms with van der Waals surface area (Å²) in [5.74, 6) is -0.769. The molecule has 0 radical (unpaired) electrons. The van der Waals surface area contributed by atoms with Gasteiger partial charge in [0.25, 0.3) is 0 Å². The maximum atomic E-state index is 13.2. The molecule has 7 nitrogen and oxygen atoms in total. The van der Waals surface area contributed by atoms with Gasteiger partial charge in [-0.2, -0.15) is 0 Å². The van der Waals surface area contributed by atoms with Gasteiger partial charge in [0.05, 0.1) is 13.1 Å². The molecule has 1 heterocycles. The zero-order chi connectivity index (χ0) is 21.8.